The van der Waals surface area contributed by atoms with Gasteiger partial charge in [-0.1, -0.05) is 7.40 Å². The standard InChI is InChI=1S/C7H8OS.CH4/c1-8-6-2-4-7(9)5-3-6;/h2-5,9H,1H3;1H4/i1D;1T. The molecule has 0 aliphatic heterocycles. The summed E-state index contributed by atoms with van der Waals surface area (Å²) in [6.45, 7) is 0. The van der Waals surface area contributed by atoms with E-state index in [0.717, 1.165) is 4.90 Å². The molecule has 0 aromatic heterocycles. The van der Waals surface area contributed by atoms with Gasteiger partial charge < -0.3 is 4.74 Å². The third-order valence-corrected chi connectivity index (χ3v) is 1.30. The third kappa shape index (κ3) is 2.31. The average Bonchev–Trinajstić information content (AvgIpc) is 2.13. The molecule has 56 valence electrons. The maximum atomic E-state index is 6.75. The lowest BCUT2D eigenvalue weighted by Gasteiger charge is -1.96. The summed E-state index contributed by atoms with van der Waals surface area (Å²) in [5.41, 5.74) is 0. The number of methoxy groups -OCH3 is 1. The number of hydrogen-bond donors (Lipinski definition) is 1. The molecule has 0 aliphatic carbocycles. The Kier molecular flexibility index (Phi) is 2.58. The molecule has 0 fully saturated rings. The summed E-state index contributed by atoms with van der Waals surface area (Å²) in [6, 6.07) is 7.23. The van der Waals surface area contributed by atoms with Crippen LogP contribution in [0.3, 0.4) is 0 Å². The zero-order valence-electron chi connectivity index (χ0n) is 7.87. The van der Waals surface area contributed by atoms with Gasteiger partial charge in [-0.2, -0.15) is 0 Å². The average molecular weight is 159 g/mol. The van der Waals surface area contributed by atoms with Gasteiger partial charge in [-0.25, -0.2) is 0 Å². The Bertz CT molecular complexity index is 201. The summed E-state index contributed by atoms with van der Waals surface area (Å²) in [5.74, 6) is 0.716. The maximum Gasteiger partial charge on any atom is 0.118 e. The smallest absolute Gasteiger partial charge is 0.118 e. The van der Waals surface area contributed by atoms with Crippen LogP contribution >= 0.6 is 12.6 Å². The maximum absolute atomic E-state index is 6.75. The van der Waals surface area contributed by atoms with E-state index in [9.17, 15) is 0 Å². The number of ether oxygens (including phenoxy) is 1. The van der Waals surface area contributed by atoms with Crippen LogP contribution in [0.2, 0.25) is 0 Å². The van der Waals surface area contributed by atoms with E-state index >= 15 is 0 Å². The molecule has 0 atom stereocenters. The molecule has 0 aliphatic rings. The van der Waals surface area contributed by atoms with Crippen molar-refractivity contribution in [1.82, 2.24) is 0 Å². The molecule has 1 rings (SSSR count). The molecule has 1 aromatic rings. The van der Waals surface area contributed by atoms with Crippen LogP contribution < -0.4 is 4.74 Å². The number of thiol groups is 1. The molecule has 0 bridgehead atoms. The van der Waals surface area contributed by atoms with Crippen molar-refractivity contribution in [2.75, 3.05) is 7.09 Å². The van der Waals surface area contributed by atoms with Gasteiger partial charge in [0.25, 0.3) is 0 Å². The second-order valence-corrected chi connectivity index (χ2v) is 2.15. The molecule has 2 heteroatoms. The minimum absolute atomic E-state index is 0.0358. The molecule has 0 heterocycles. The fourth-order valence-corrected chi connectivity index (χ4v) is 0.691. The number of rotatable bonds is 1. The molecule has 1 nitrogen and oxygen atoms in total. The quantitative estimate of drug-likeness (QED) is 0.620. The summed E-state index contributed by atoms with van der Waals surface area (Å²) < 4.78 is 17.4. The second kappa shape index (κ2) is 4.23. The van der Waals surface area contributed by atoms with E-state index < -0.39 is 0 Å². The highest BCUT2D eigenvalue weighted by Gasteiger charge is 1.86. The first-order valence-electron chi connectivity index (χ1n) is 4.24. The summed E-state index contributed by atoms with van der Waals surface area (Å²) in [7, 11) is 1.21. The van der Waals surface area contributed by atoms with Gasteiger partial charge in [0.2, 0.25) is 0 Å². The van der Waals surface area contributed by atoms with E-state index in [1.165, 1.54) is 7.40 Å². The lowest BCUT2D eigenvalue weighted by atomic mass is 10.3. The van der Waals surface area contributed by atoms with E-state index in [4.69, 9.17) is 7.48 Å². The zero-order valence-corrected chi connectivity index (χ0v) is 6.77. The predicted molar refractivity (Wildman–Crippen MR) is 47.0 cm³/mol. The first-order chi connectivity index (χ1) is 5.83. The molecule has 1 aromatic carbocycles. The van der Waals surface area contributed by atoms with Crippen LogP contribution in [0.4, 0.5) is 0 Å². The fraction of sp³-hybridized carbons (Fsp3) is 0.250. The van der Waals surface area contributed by atoms with E-state index in [-0.39, 0.29) is 7.09 Å². The van der Waals surface area contributed by atoms with Crippen LogP contribution in [0, 0.1) is 0 Å². The van der Waals surface area contributed by atoms with E-state index in [1.807, 2.05) is 12.1 Å². The minimum atomic E-state index is -0.0358. The van der Waals surface area contributed by atoms with Crippen molar-refractivity contribution in [1.29, 1.82) is 0 Å². The van der Waals surface area contributed by atoms with Crippen molar-refractivity contribution in [3.63, 3.8) is 0 Å². The summed E-state index contributed by atoms with van der Waals surface area (Å²) in [5, 5.41) is 0. The van der Waals surface area contributed by atoms with Gasteiger partial charge in [-0.05, 0) is 24.3 Å². The van der Waals surface area contributed by atoms with E-state index in [1.54, 1.807) is 12.1 Å². The van der Waals surface area contributed by atoms with Crippen molar-refractivity contribution >= 4 is 12.6 Å². The first kappa shape index (κ1) is 6.10. The Morgan fingerprint density at radius 1 is 1.60 bits per heavy atom. The van der Waals surface area contributed by atoms with Crippen molar-refractivity contribution in [3.05, 3.63) is 24.3 Å². The molecular weight excluding hydrogens is 144 g/mol. The Morgan fingerprint density at radius 2 is 2.20 bits per heavy atom. The van der Waals surface area contributed by atoms with Gasteiger partial charge >= 0.3 is 0 Å². The van der Waals surface area contributed by atoms with Gasteiger partial charge in [0, 0.05) is 6.27 Å². The van der Waals surface area contributed by atoms with Crippen LogP contribution in [0.15, 0.2) is 29.2 Å². The van der Waals surface area contributed by atoms with Crippen molar-refractivity contribution in [2.45, 2.75) is 12.3 Å². The molecule has 0 saturated heterocycles. The topological polar surface area (TPSA) is 9.23 Å². The predicted octanol–water partition coefficient (Wildman–Crippen LogP) is 2.62. The van der Waals surface area contributed by atoms with E-state index in [0.29, 0.717) is 5.75 Å². The summed E-state index contributed by atoms with van der Waals surface area (Å²) in [6.07, 6.45) is 0. The lowest BCUT2D eigenvalue weighted by Crippen LogP contribution is -1.79. The normalized spacial score (nSPS) is 10.2. The Labute approximate surface area is 70.2 Å². The molecule has 10 heavy (non-hydrogen) atoms. The third-order valence-electron chi connectivity index (χ3n) is 1.00. The molecule has 0 saturated carbocycles. The zero-order chi connectivity index (χ0) is 9.40. The van der Waals surface area contributed by atoms with Crippen molar-refractivity contribution in [3.8, 4) is 5.75 Å². The molecule has 0 radical (unpaired) electrons. The molecule has 0 amide bonds. The molecular formula is C8H12OS. The largest absolute Gasteiger partial charge is 0.497 e. The Morgan fingerprint density at radius 3 is 2.70 bits per heavy atom. The van der Waals surface area contributed by atoms with Crippen molar-refractivity contribution < 1.29 is 7.48 Å². The highest BCUT2D eigenvalue weighted by atomic mass is 32.1. The highest BCUT2D eigenvalue weighted by molar-refractivity contribution is 7.80. The van der Waals surface area contributed by atoms with Crippen LogP contribution in [0.25, 0.3) is 0 Å². The Balaban J connectivity index is 0.000000561. The van der Waals surface area contributed by atoms with Crippen LogP contribution in [-0.2, 0) is 0 Å². The molecule has 0 unspecified atom stereocenters. The SMILES string of the molecule is [2H]COc1ccc(S)cc1.[3H]C. The second-order valence-electron chi connectivity index (χ2n) is 1.64. The van der Waals surface area contributed by atoms with Crippen LogP contribution in [0.5, 0.6) is 5.75 Å². The number of benzene rings is 1. The highest BCUT2D eigenvalue weighted by Crippen LogP contribution is 2.12. The first-order valence-corrected chi connectivity index (χ1v) is 2.98. The monoisotopic (exact) mass is 159 g/mol. The van der Waals surface area contributed by atoms with Crippen LogP contribution in [-0.4, -0.2) is 7.09 Å². The van der Waals surface area contributed by atoms with Crippen molar-refractivity contribution in [2.24, 2.45) is 0 Å². The van der Waals surface area contributed by atoms with Gasteiger partial charge in [-0.3, -0.25) is 0 Å². The lowest BCUT2D eigenvalue weighted by molar-refractivity contribution is 0.414. The fourth-order valence-electron chi connectivity index (χ4n) is 0.542. The summed E-state index contributed by atoms with van der Waals surface area (Å²) >= 11 is 4.10. The van der Waals surface area contributed by atoms with E-state index in [2.05, 4.69) is 12.6 Å². The van der Waals surface area contributed by atoms with Gasteiger partial charge in [0.05, 0.1) is 8.46 Å². The van der Waals surface area contributed by atoms with Gasteiger partial charge in [0.15, 0.2) is 0 Å². The molecule has 0 spiro atoms. The van der Waals surface area contributed by atoms with Gasteiger partial charge in [0.1, 0.15) is 5.75 Å². The number of hydrogen-bond acceptors (Lipinski definition) is 2. The minimum Gasteiger partial charge on any atom is -0.497 e. The van der Waals surface area contributed by atoms with Crippen LogP contribution in [0.1, 0.15) is 10.1 Å². The van der Waals surface area contributed by atoms with Gasteiger partial charge in [-0.15, -0.1) is 12.6 Å². The summed E-state index contributed by atoms with van der Waals surface area (Å²) in [4.78, 5) is 0.900. The molecule has 0 N–H and O–H groups in total. The Hall–Kier alpha value is -0.630.